The van der Waals surface area contributed by atoms with Crippen molar-refractivity contribution in [2.75, 3.05) is 19.8 Å². The fraction of sp³-hybridized carbons (Fsp3) is 0.565. The van der Waals surface area contributed by atoms with E-state index in [0.717, 1.165) is 12.8 Å². The van der Waals surface area contributed by atoms with Gasteiger partial charge in [-0.15, -0.1) is 0 Å². The SMILES string of the molecule is O=C(NCC1CC1)C1CC(c2coc3ccccc3c2=O)CC(OCCCCO)O1. The molecule has 0 bridgehead atoms. The van der Waals surface area contributed by atoms with Gasteiger partial charge in [0.1, 0.15) is 11.7 Å². The van der Waals surface area contributed by atoms with Crippen LogP contribution >= 0.6 is 0 Å². The molecule has 2 N–H and O–H groups in total. The Morgan fingerprint density at radius 1 is 1.20 bits per heavy atom. The lowest BCUT2D eigenvalue weighted by molar-refractivity contribution is -0.201. The predicted molar refractivity (Wildman–Crippen MR) is 111 cm³/mol. The highest BCUT2D eigenvalue weighted by atomic mass is 16.7. The number of fused-ring (bicyclic) bond motifs is 1. The average Bonchev–Trinajstić information content (AvgIpc) is 3.60. The Balaban J connectivity index is 1.51. The number of benzene rings is 1. The van der Waals surface area contributed by atoms with Crippen LogP contribution in [0.25, 0.3) is 11.0 Å². The van der Waals surface area contributed by atoms with E-state index < -0.39 is 12.4 Å². The van der Waals surface area contributed by atoms with E-state index in [1.165, 1.54) is 6.26 Å². The van der Waals surface area contributed by atoms with Crippen molar-refractivity contribution >= 4 is 16.9 Å². The van der Waals surface area contributed by atoms with Crippen molar-refractivity contribution < 1.29 is 23.8 Å². The molecule has 3 unspecified atom stereocenters. The second-order valence-electron chi connectivity index (χ2n) is 8.23. The van der Waals surface area contributed by atoms with Crippen molar-refractivity contribution in [2.45, 2.75) is 56.8 Å². The fourth-order valence-electron chi connectivity index (χ4n) is 3.90. The van der Waals surface area contributed by atoms with Gasteiger partial charge < -0.3 is 24.3 Å². The van der Waals surface area contributed by atoms with Crippen LogP contribution in [0.3, 0.4) is 0 Å². The van der Waals surface area contributed by atoms with Gasteiger partial charge in [-0.1, -0.05) is 12.1 Å². The summed E-state index contributed by atoms with van der Waals surface area (Å²) < 4.78 is 17.5. The van der Waals surface area contributed by atoms with E-state index >= 15 is 0 Å². The molecule has 7 heteroatoms. The number of carbonyl (C=O) groups excluding carboxylic acids is 1. The largest absolute Gasteiger partial charge is 0.464 e. The van der Waals surface area contributed by atoms with Crippen LogP contribution in [-0.4, -0.2) is 43.2 Å². The van der Waals surface area contributed by atoms with E-state index in [9.17, 15) is 9.59 Å². The summed E-state index contributed by atoms with van der Waals surface area (Å²) in [6, 6.07) is 7.17. The third-order valence-corrected chi connectivity index (χ3v) is 5.85. The maximum absolute atomic E-state index is 13.1. The zero-order valence-electron chi connectivity index (χ0n) is 17.0. The van der Waals surface area contributed by atoms with Crippen LogP contribution < -0.4 is 10.7 Å². The standard InChI is InChI=1S/C23H29NO6/c25-9-3-4-10-28-21-12-16(11-20(30-21)23(27)24-13-15-7-8-15)18-14-29-19-6-2-1-5-17(19)22(18)26/h1-2,5-6,14-16,20-21,25H,3-4,7-13H2,(H,24,27). The first-order valence-corrected chi connectivity index (χ1v) is 10.8. The summed E-state index contributed by atoms with van der Waals surface area (Å²) in [5.41, 5.74) is 1.04. The smallest absolute Gasteiger partial charge is 0.249 e. The zero-order valence-corrected chi connectivity index (χ0v) is 17.0. The Morgan fingerprint density at radius 2 is 2.03 bits per heavy atom. The minimum Gasteiger partial charge on any atom is -0.464 e. The molecule has 162 valence electrons. The second kappa shape index (κ2) is 9.73. The van der Waals surface area contributed by atoms with Gasteiger partial charge in [0, 0.05) is 31.7 Å². The molecule has 1 saturated carbocycles. The number of amides is 1. The second-order valence-corrected chi connectivity index (χ2v) is 8.23. The third kappa shape index (κ3) is 5.09. The summed E-state index contributed by atoms with van der Waals surface area (Å²) in [6.45, 7) is 1.21. The number of para-hydroxylation sites is 1. The molecular weight excluding hydrogens is 386 g/mol. The molecule has 4 rings (SSSR count). The monoisotopic (exact) mass is 415 g/mol. The first-order valence-electron chi connectivity index (χ1n) is 10.8. The van der Waals surface area contributed by atoms with E-state index in [-0.39, 0.29) is 23.9 Å². The van der Waals surface area contributed by atoms with Crippen molar-refractivity contribution in [3.8, 4) is 0 Å². The van der Waals surface area contributed by atoms with Gasteiger partial charge in [0.05, 0.1) is 11.6 Å². The number of unbranched alkanes of at least 4 members (excludes halogenated alkanes) is 1. The maximum Gasteiger partial charge on any atom is 0.249 e. The average molecular weight is 415 g/mol. The topological polar surface area (TPSA) is 98.0 Å². The van der Waals surface area contributed by atoms with Gasteiger partial charge in [0.2, 0.25) is 5.91 Å². The van der Waals surface area contributed by atoms with E-state index in [0.29, 0.717) is 61.3 Å². The molecular formula is C23H29NO6. The summed E-state index contributed by atoms with van der Waals surface area (Å²) >= 11 is 0. The van der Waals surface area contributed by atoms with Gasteiger partial charge in [0.25, 0.3) is 0 Å². The van der Waals surface area contributed by atoms with Crippen LogP contribution in [0.15, 0.2) is 39.7 Å². The molecule has 1 aliphatic carbocycles. The van der Waals surface area contributed by atoms with E-state index in [4.69, 9.17) is 19.0 Å². The van der Waals surface area contributed by atoms with Crippen molar-refractivity contribution in [3.05, 3.63) is 46.3 Å². The number of hydrogen-bond donors (Lipinski definition) is 2. The van der Waals surface area contributed by atoms with E-state index in [2.05, 4.69) is 5.32 Å². The molecule has 7 nitrogen and oxygen atoms in total. The molecule has 2 aliphatic rings. The Bertz CT molecular complexity index is 921. The Labute approximate surface area is 175 Å². The number of rotatable bonds is 9. The van der Waals surface area contributed by atoms with Crippen molar-refractivity contribution in [3.63, 3.8) is 0 Å². The fourth-order valence-corrected chi connectivity index (χ4v) is 3.90. The highest BCUT2D eigenvalue weighted by Gasteiger charge is 2.37. The van der Waals surface area contributed by atoms with Gasteiger partial charge in [0.15, 0.2) is 11.7 Å². The molecule has 3 atom stereocenters. The first kappa shape index (κ1) is 21.0. The molecule has 1 aromatic carbocycles. The number of ether oxygens (including phenoxy) is 2. The Morgan fingerprint density at radius 3 is 2.83 bits per heavy atom. The minimum absolute atomic E-state index is 0.0695. The summed E-state index contributed by atoms with van der Waals surface area (Å²) in [5, 5.41) is 12.5. The number of nitrogens with one attached hydrogen (secondary N) is 1. The van der Waals surface area contributed by atoms with Crippen LogP contribution in [0.1, 0.15) is 50.0 Å². The maximum atomic E-state index is 13.1. The van der Waals surface area contributed by atoms with Crippen molar-refractivity contribution in [1.82, 2.24) is 5.32 Å². The number of carbonyl (C=O) groups is 1. The predicted octanol–water partition coefficient (Wildman–Crippen LogP) is 2.70. The van der Waals surface area contributed by atoms with Gasteiger partial charge in [-0.25, -0.2) is 0 Å². The number of hydrogen-bond acceptors (Lipinski definition) is 6. The lowest BCUT2D eigenvalue weighted by atomic mass is 9.88. The van der Waals surface area contributed by atoms with Gasteiger partial charge in [-0.05, 0) is 56.1 Å². The molecule has 0 spiro atoms. The van der Waals surface area contributed by atoms with Crippen LogP contribution in [-0.2, 0) is 14.3 Å². The van der Waals surface area contributed by atoms with Gasteiger partial charge >= 0.3 is 0 Å². The van der Waals surface area contributed by atoms with Gasteiger partial charge in [-0.3, -0.25) is 9.59 Å². The lowest BCUT2D eigenvalue weighted by Gasteiger charge is -2.34. The third-order valence-electron chi connectivity index (χ3n) is 5.85. The summed E-state index contributed by atoms with van der Waals surface area (Å²) in [6.07, 6.45) is 4.83. The minimum atomic E-state index is -0.670. The molecule has 1 saturated heterocycles. The van der Waals surface area contributed by atoms with Crippen molar-refractivity contribution in [2.24, 2.45) is 5.92 Å². The number of aliphatic hydroxyl groups excluding tert-OH is 1. The molecule has 1 aliphatic heterocycles. The highest BCUT2D eigenvalue weighted by Crippen LogP contribution is 2.34. The van der Waals surface area contributed by atoms with Crippen LogP contribution in [0.5, 0.6) is 0 Å². The normalized spacial score (nSPS) is 24.1. The molecule has 1 aromatic heterocycles. The molecule has 0 radical (unpaired) electrons. The van der Waals surface area contributed by atoms with Crippen LogP contribution in [0, 0.1) is 5.92 Å². The molecule has 1 amide bonds. The van der Waals surface area contributed by atoms with Crippen LogP contribution in [0.4, 0.5) is 0 Å². The van der Waals surface area contributed by atoms with E-state index in [1.807, 2.05) is 12.1 Å². The quantitative estimate of drug-likeness (QED) is 0.611. The van der Waals surface area contributed by atoms with Crippen molar-refractivity contribution in [1.29, 1.82) is 0 Å². The number of aliphatic hydroxyl groups is 1. The Hall–Kier alpha value is -2.22. The summed E-state index contributed by atoms with van der Waals surface area (Å²) in [7, 11) is 0. The molecule has 2 heterocycles. The summed E-state index contributed by atoms with van der Waals surface area (Å²) in [5.74, 6) is 0.228. The molecule has 2 aromatic rings. The summed E-state index contributed by atoms with van der Waals surface area (Å²) in [4.78, 5) is 25.8. The highest BCUT2D eigenvalue weighted by molar-refractivity contribution is 5.81. The van der Waals surface area contributed by atoms with Crippen LogP contribution in [0.2, 0.25) is 0 Å². The molecule has 2 fully saturated rings. The Kier molecular flexibility index (Phi) is 6.82. The molecule has 30 heavy (non-hydrogen) atoms. The van der Waals surface area contributed by atoms with E-state index in [1.54, 1.807) is 12.1 Å². The van der Waals surface area contributed by atoms with Gasteiger partial charge in [-0.2, -0.15) is 0 Å². The zero-order chi connectivity index (χ0) is 20.9. The first-order chi connectivity index (χ1) is 14.7. The lowest BCUT2D eigenvalue weighted by Crippen LogP contribution is -2.45.